The van der Waals surface area contributed by atoms with Gasteiger partial charge in [0.25, 0.3) is 5.91 Å². The van der Waals surface area contributed by atoms with Crippen molar-refractivity contribution in [1.29, 1.82) is 5.26 Å². The summed E-state index contributed by atoms with van der Waals surface area (Å²) in [5.74, 6) is -0.105. The Kier molecular flexibility index (Phi) is 5.27. The first-order valence-corrected chi connectivity index (χ1v) is 8.07. The quantitative estimate of drug-likeness (QED) is 0.668. The van der Waals surface area contributed by atoms with Gasteiger partial charge in [0.1, 0.15) is 5.82 Å². The van der Waals surface area contributed by atoms with Crippen LogP contribution in [-0.2, 0) is 6.18 Å². The second-order valence-corrected chi connectivity index (χ2v) is 5.78. The van der Waals surface area contributed by atoms with Gasteiger partial charge >= 0.3 is 6.18 Å². The van der Waals surface area contributed by atoms with Gasteiger partial charge in [0.05, 0.1) is 17.2 Å². The van der Waals surface area contributed by atoms with E-state index in [1.807, 2.05) is 6.07 Å². The number of carbonyl (C=O) groups excluding carboxylic acids is 1. The summed E-state index contributed by atoms with van der Waals surface area (Å²) in [6, 6.07) is 15.9. The Balaban J connectivity index is 1.72. The van der Waals surface area contributed by atoms with E-state index in [1.165, 1.54) is 30.5 Å². The van der Waals surface area contributed by atoms with Crippen LogP contribution in [0.4, 0.5) is 30.4 Å². The highest BCUT2D eigenvalue weighted by atomic mass is 19.4. The summed E-state index contributed by atoms with van der Waals surface area (Å²) in [6.07, 6.45) is -3.00. The SMILES string of the molecule is N#Cc1cccc(Nc2cc(C(=O)Nc3ccc(C(F)(F)F)cc3)ccn2)c1. The van der Waals surface area contributed by atoms with E-state index >= 15 is 0 Å². The van der Waals surface area contributed by atoms with Crippen LogP contribution in [0.1, 0.15) is 21.5 Å². The molecule has 3 aromatic rings. The van der Waals surface area contributed by atoms with Gasteiger partial charge in [-0.25, -0.2) is 4.98 Å². The van der Waals surface area contributed by atoms with Crippen LogP contribution < -0.4 is 10.6 Å². The third kappa shape index (κ3) is 4.65. The molecule has 2 aromatic carbocycles. The number of nitrogens with one attached hydrogen (secondary N) is 2. The molecule has 0 aliphatic heterocycles. The standard InChI is InChI=1S/C20H13F3N4O/c21-20(22,23)15-4-6-16(7-5-15)27-19(28)14-8-9-25-18(11-14)26-17-3-1-2-13(10-17)12-24/h1-11H,(H,25,26)(H,27,28). The molecule has 0 aliphatic carbocycles. The summed E-state index contributed by atoms with van der Waals surface area (Å²) < 4.78 is 37.8. The van der Waals surface area contributed by atoms with Gasteiger partial charge < -0.3 is 10.6 Å². The van der Waals surface area contributed by atoms with E-state index in [0.717, 1.165) is 12.1 Å². The number of halogens is 3. The highest BCUT2D eigenvalue weighted by Crippen LogP contribution is 2.30. The van der Waals surface area contributed by atoms with Crippen LogP contribution in [0, 0.1) is 11.3 Å². The number of pyridine rings is 1. The number of benzene rings is 2. The minimum atomic E-state index is -4.43. The van der Waals surface area contributed by atoms with Crippen LogP contribution in [-0.4, -0.2) is 10.9 Å². The second kappa shape index (κ2) is 7.80. The van der Waals surface area contributed by atoms with Gasteiger partial charge in [-0.2, -0.15) is 18.4 Å². The van der Waals surface area contributed by atoms with Gasteiger partial charge in [-0.15, -0.1) is 0 Å². The predicted octanol–water partition coefficient (Wildman–Crippen LogP) is 4.97. The Morgan fingerprint density at radius 3 is 2.43 bits per heavy atom. The van der Waals surface area contributed by atoms with Crippen LogP contribution in [0.3, 0.4) is 0 Å². The van der Waals surface area contributed by atoms with Crippen molar-refractivity contribution in [3.63, 3.8) is 0 Å². The first kappa shape index (κ1) is 18.9. The zero-order valence-corrected chi connectivity index (χ0v) is 14.3. The average molecular weight is 382 g/mol. The molecule has 5 nitrogen and oxygen atoms in total. The number of hydrogen-bond donors (Lipinski definition) is 2. The Hall–Kier alpha value is -3.86. The molecule has 8 heteroatoms. The normalized spacial score (nSPS) is 10.8. The molecule has 0 fully saturated rings. The number of nitriles is 1. The highest BCUT2D eigenvalue weighted by Gasteiger charge is 2.30. The molecule has 0 bridgehead atoms. The van der Waals surface area contributed by atoms with Crippen molar-refractivity contribution in [3.05, 3.63) is 83.6 Å². The maximum Gasteiger partial charge on any atom is 0.416 e. The van der Waals surface area contributed by atoms with E-state index in [1.54, 1.807) is 24.3 Å². The third-order valence-electron chi connectivity index (χ3n) is 3.76. The average Bonchev–Trinajstić information content (AvgIpc) is 2.68. The van der Waals surface area contributed by atoms with Crippen molar-refractivity contribution < 1.29 is 18.0 Å². The fourth-order valence-corrected chi connectivity index (χ4v) is 2.40. The molecule has 1 amide bonds. The molecule has 0 unspecified atom stereocenters. The summed E-state index contributed by atoms with van der Waals surface area (Å²) >= 11 is 0. The summed E-state index contributed by atoms with van der Waals surface area (Å²) in [4.78, 5) is 16.5. The van der Waals surface area contributed by atoms with Crippen molar-refractivity contribution in [3.8, 4) is 6.07 Å². The van der Waals surface area contributed by atoms with Crippen LogP contribution in [0.25, 0.3) is 0 Å². The van der Waals surface area contributed by atoms with Crippen LogP contribution >= 0.6 is 0 Å². The van der Waals surface area contributed by atoms with Crippen molar-refractivity contribution in [2.24, 2.45) is 0 Å². The smallest absolute Gasteiger partial charge is 0.340 e. The molecule has 1 aromatic heterocycles. The van der Waals surface area contributed by atoms with Gasteiger partial charge in [0.2, 0.25) is 0 Å². The molecule has 28 heavy (non-hydrogen) atoms. The third-order valence-corrected chi connectivity index (χ3v) is 3.76. The molecule has 0 radical (unpaired) electrons. The number of nitrogens with zero attached hydrogens (tertiary/aromatic N) is 2. The van der Waals surface area contributed by atoms with E-state index in [-0.39, 0.29) is 11.3 Å². The van der Waals surface area contributed by atoms with Crippen LogP contribution in [0.2, 0.25) is 0 Å². The zero-order chi connectivity index (χ0) is 20.1. The molecule has 3 rings (SSSR count). The Labute approximate surface area is 158 Å². The largest absolute Gasteiger partial charge is 0.416 e. The van der Waals surface area contributed by atoms with Crippen molar-refractivity contribution in [2.45, 2.75) is 6.18 Å². The van der Waals surface area contributed by atoms with E-state index in [9.17, 15) is 18.0 Å². The molecule has 0 saturated carbocycles. The van der Waals surface area contributed by atoms with Gasteiger partial charge in [-0.3, -0.25) is 4.79 Å². The minimum absolute atomic E-state index is 0.242. The van der Waals surface area contributed by atoms with Crippen molar-refractivity contribution in [2.75, 3.05) is 10.6 Å². The lowest BCUT2D eigenvalue weighted by Gasteiger charge is -2.10. The van der Waals surface area contributed by atoms with Crippen LogP contribution in [0.5, 0.6) is 0 Å². The minimum Gasteiger partial charge on any atom is -0.340 e. The van der Waals surface area contributed by atoms with Gasteiger partial charge in [0.15, 0.2) is 0 Å². The predicted molar refractivity (Wildman–Crippen MR) is 98.1 cm³/mol. The van der Waals surface area contributed by atoms with Gasteiger partial charge in [-0.05, 0) is 54.6 Å². The lowest BCUT2D eigenvalue weighted by atomic mass is 10.2. The monoisotopic (exact) mass is 382 g/mol. The maximum absolute atomic E-state index is 12.6. The topological polar surface area (TPSA) is 77.8 Å². The lowest BCUT2D eigenvalue weighted by Crippen LogP contribution is -2.13. The van der Waals surface area contributed by atoms with Gasteiger partial charge in [0, 0.05) is 23.1 Å². The molecular weight excluding hydrogens is 369 g/mol. The molecule has 0 aliphatic rings. The van der Waals surface area contributed by atoms with Crippen molar-refractivity contribution in [1.82, 2.24) is 4.98 Å². The fourth-order valence-electron chi connectivity index (χ4n) is 2.40. The van der Waals surface area contributed by atoms with Gasteiger partial charge in [-0.1, -0.05) is 6.07 Å². The number of anilines is 3. The number of alkyl halides is 3. The summed E-state index contributed by atoms with van der Waals surface area (Å²) in [7, 11) is 0. The second-order valence-electron chi connectivity index (χ2n) is 5.78. The van der Waals surface area contributed by atoms with E-state index < -0.39 is 17.6 Å². The summed E-state index contributed by atoms with van der Waals surface area (Å²) in [5, 5.41) is 14.5. The maximum atomic E-state index is 12.6. The van der Waals surface area contributed by atoms with Crippen molar-refractivity contribution >= 4 is 23.1 Å². The first-order valence-electron chi connectivity index (χ1n) is 8.07. The molecule has 2 N–H and O–H groups in total. The molecule has 1 heterocycles. The lowest BCUT2D eigenvalue weighted by molar-refractivity contribution is -0.137. The highest BCUT2D eigenvalue weighted by molar-refractivity contribution is 6.04. The number of amides is 1. The Bertz CT molecular complexity index is 1040. The zero-order valence-electron chi connectivity index (χ0n) is 14.3. The number of hydrogen-bond acceptors (Lipinski definition) is 4. The molecule has 140 valence electrons. The fraction of sp³-hybridized carbons (Fsp3) is 0.0500. The van der Waals surface area contributed by atoms with E-state index in [2.05, 4.69) is 15.6 Å². The molecule has 0 saturated heterocycles. The van der Waals surface area contributed by atoms with E-state index in [4.69, 9.17) is 5.26 Å². The summed E-state index contributed by atoms with van der Waals surface area (Å²) in [6.45, 7) is 0. The van der Waals surface area contributed by atoms with Crippen LogP contribution in [0.15, 0.2) is 66.9 Å². The Morgan fingerprint density at radius 2 is 1.75 bits per heavy atom. The first-order chi connectivity index (χ1) is 13.3. The molecular formula is C20H13F3N4O. The Morgan fingerprint density at radius 1 is 1.00 bits per heavy atom. The van der Waals surface area contributed by atoms with E-state index in [0.29, 0.717) is 17.1 Å². The number of rotatable bonds is 4. The molecule has 0 atom stereocenters. The number of aromatic nitrogens is 1. The number of carbonyl (C=O) groups is 1. The molecule has 0 spiro atoms. The summed E-state index contributed by atoms with van der Waals surface area (Å²) in [5.41, 5.74) is 0.827.